The Labute approximate surface area is 157 Å². The smallest absolute Gasteiger partial charge is 0.258 e. The van der Waals surface area contributed by atoms with Crippen LogP contribution in [0.3, 0.4) is 0 Å². The second-order valence-electron chi connectivity index (χ2n) is 6.40. The number of nitrogens with one attached hydrogen (secondary N) is 1. The monoisotopic (exact) mass is 367 g/mol. The first kappa shape index (κ1) is 18.6. The van der Waals surface area contributed by atoms with Crippen molar-refractivity contribution in [2.24, 2.45) is 0 Å². The molecule has 2 atom stereocenters. The Hall–Kier alpha value is -3.19. The van der Waals surface area contributed by atoms with Crippen molar-refractivity contribution in [3.63, 3.8) is 0 Å². The predicted octanol–water partition coefficient (Wildman–Crippen LogP) is 1.18. The minimum atomic E-state index is -1.26. The fraction of sp³-hybridized carbons (Fsp3) is 0.250. The fourth-order valence-corrected chi connectivity index (χ4v) is 3.02. The van der Waals surface area contributed by atoms with Gasteiger partial charge in [0, 0.05) is 12.6 Å². The molecular weight excluding hydrogens is 346 g/mol. The number of aliphatic hydroxyl groups is 1. The van der Waals surface area contributed by atoms with Crippen LogP contribution in [-0.4, -0.2) is 48.6 Å². The van der Waals surface area contributed by atoms with E-state index in [0.29, 0.717) is 16.9 Å². The second-order valence-corrected chi connectivity index (χ2v) is 6.40. The summed E-state index contributed by atoms with van der Waals surface area (Å²) in [5.74, 6) is -1.30. The van der Waals surface area contributed by atoms with E-state index in [1.807, 2.05) is 6.07 Å². The molecule has 1 heterocycles. The Morgan fingerprint density at radius 3 is 2.30 bits per heavy atom. The number of likely N-dealkylation sites (N-methyl/N-ethyl adjacent to an activating group) is 1. The first-order valence-corrected chi connectivity index (χ1v) is 8.62. The van der Waals surface area contributed by atoms with Gasteiger partial charge in [-0.1, -0.05) is 30.3 Å². The third kappa shape index (κ3) is 3.68. The molecule has 3 rings (SSSR count). The SMILES string of the molecule is CC(O)C(=O)NC1CN(C(=O)c2ccccc2)c2ccccc2N(C)C1=O. The molecule has 0 spiro atoms. The number of fused-ring (bicyclic) bond motifs is 1. The van der Waals surface area contributed by atoms with Gasteiger partial charge in [-0.2, -0.15) is 0 Å². The zero-order valence-electron chi connectivity index (χ0n) is 15.1. The standard InChI is InChI=1S/C20H21N3O4/c1-13(24)18(25)21-15-12-23(19(26)14-8-4-3-5-9-14)17-11-7-6-10-16(17)22(2)20(15)27/h3-11,13,15,24H,12H2,1-2H3,(H,21,25). The maximum Gasteiger partial charge on any atom is 0.258 e. The summed E-state index contributed by atoms with van der Waals surface area (Å²) >= 11 is 0. The van der Waals surface area contributed by atoms with E-state index in [0.717, 1.165) is 0 Å². The molecule has 2 aromatic carbocycles. The van der Waals surface area contributed by atoms with Crippen molar-refractivity contribution in [1.29, 1.82) is 0 Å². The van der Waals surface area contributed by atoms with Gasteiger partial charge in [0.1, 0.15) is 12.1 Å². The highest BCUT2D eigenvalue weighted by Crippen LogP contribution is 2.32. The molecule has 7 nitrogen and oxygen atoms in total. The fourth-order valence-electron chi connectivity index (χ4n) is 3.02. The van der Waals surface area contributed by atoms with Crippen molar-refractivity contribution >= 4 is 29.1 Å². The van der Waals surface area contributed by atoms with Crippen LogP contribution >= 0.6 is 0 Å². The molecule has 0 aliphatic carbocycles. The van der Waals surface area contributed by atoms with Crippen LogP contribution in [0.15, 0.2) is 54.6 Å². The van der Waals surface area contributed by atoms with Gasteiger partial charge in [0.25, 0.3) is 11.8 Å². The Morgan fingerprint density at radius 1 is 1.07 bits per heavy atom. The highest BCUT2D eigenvalue weighted by molar-refractivity contribution is 6.12. The Morgan fingerprint density at radius 2 is 1.67 bits per heavy atom. The molecule has 1 aliphatic heterocycles. The van der Waals surface area contributed by atoms with Gasteiger partial charge in [-0.05, 0) is 31.2 Å². The number of hydrogen-bond acceptors (Lipinski definition) is 4. The van der Waals surface area contributed by atoms with Gasteiger partial charge in [-0.15, -0.1) is 0 Å². The molecule has 2 N–H and O–H groups in total. The molecule has 27 heavy (non-hydrogen) atoms. The summed E-state index contributed by atoms with van der Waals surface area (Å²) in [6.07, 6.45) is -1.26. The lowest BCUT2D eigenvalue weighted by Crippen LogP contribution is -2.54. The number of nitrogens with zero attached hydrogens (tertiary/aromatic N) is 2. The number of anilines is 2. The van der Waals surface area contributed by atoms with Crippen LogP contribution in [0, 0.1) is 0 Å². The van der Waals surface area contributed by atoms with Gasteiger partial charge in [-0.25, -0.2) is 0 Å². The van der Waals surface area contributed by atoms with E-state index in [9.17, 15) is 19.5 Å². The molecule has 2 aromatic rings. The number of carbonyl (C=O) groups is 3. The molecule has 0 saturated heterocycles. The second kappa shape index (κ2) is 7.59. The van der Waals surface area contributed by atoms with Crippen molar-refractivity contribution in [2.45, 2.75) is 19.1 Å². The molecule has 7 heteroatoms. The van der Waals surface area contributed by atoms with Gasteiger partial charge >= 0.3 is 0 Å². The van der Waals surface area contributed by atoms with Crippen LogP contribution in [0.25, 0.3) is 0 Å². The van der Waals surface area contributed by atoms with Gasteiger partial charge in [0.05, 0.1) is 17.9 Å². The van der Waals surface area contributed by atoms with Crippen molar-refractivity contribution in [2.75, 3.05) is 23.4 Å². The van der Waals surface area contributed by atoms with E-state index < -0.39 is 18.1 Å². The predicted molar refractivity (Wildman–Crippen MR) is 102 cm³/mol. The summed E-state index contributed by atoms with van der Waals surface area (Å²) in [4.78, 5) is 40.9. The summed E-state index contributed by atoms with van der Waals surface area (Å²) in [6.45, 7) is 1.29. The van der Waals surface area contributed by atoms with Crippen molar-refractivity contribution < 1.29 is 19.5 Å². The van der Waals surface area contributed by atoms with Crippen LogP contribution in [0.4, 0.5) is 11.4 Å². The summed E-state index contributed by atoms with van der Waals surface area (Å²) in [5, 5.41) is 12.0. The van der Waals surface area contributed by atoms with Crippen LogP contribution in [0.5, 0.6) is 0 Å². The highest BCUT2D eigenvalue weighted by atomic mass is 16.3. The third-order valence-electron chi connectivity index (χ3n) is 4.49. The van der Waals surface area contributed by atoms with Gasteiger partial charge in [0.15, 0.2) is 0 Å². The largest absolute Gasteiger partial charge is 0.384 e. The van der Waals surface area contributed by atoms with E-state index in [1.165, 1.54) is 16.7 Å². The molecule has 2 unspecified atom stereocenters. The number of aliphatic hydroxyl groups excluding tert-OH is 1. The summed E-state index contributed by atoms with van der Waals surface area (Å²) < 4.78 is 0. The van der Waals surface area contributed by atoms with Gasteiger partial charge in [0.2, 0.25) is 5.91 Å². The van der Waals surface area contributed by atoms with E-state index >= 15 is 0 Å². The summed E-state index contributed by atoms with van der Waals surface area (Å²) in [7, 11) is 1.60. The molecule has 0 aromatic heterocycles. The molecule has 3 amide bonds. The number of hydrogen-bond donors (Lipinski definition) is 2. The summed E-state index contributed by atoms with van der Waals surface area (Å²) in [6, 6.07) is 14.8. The van der Waals surface area contributed by atoms with Crippen LogP contribution in [0.2, 0.25) is 0 Å². The van der Waals surface area contributed by atoms with Crippen molar-refractivity contribution in [3.05, 3.63) is 60.2 Å². The number of rotatable bonds is 3. The molecular formula is C20H21N3O4. The maximum absolute atomic E-state index is 13.1. The lowest BCUT2D eigenvalue weighted by Gasteiger charge is -2.25. The van der Waals surface area contributed by atoms with E-state index in [-0.39, 0.29) is 18.4 Å². The van der Waals surface area contributed by atoms with E-state index in [2.05, 4.69) is 5.32 Å². The topological polar surface area (TPSA) is 89.9 Å². The van der Waals surface area contributed by atoms with Crippen LogP contribution < -0.4 is 15.1 Å². The Kier molecular flexibility index (Phi) is 5.23. The Balaban J connectivity index is 2.03. The number of para-hydroxylation sites is 2. The molecule has 0 bridgehead atoms. The number of carbonyl (C=O) groups excluding carboxylic acids is 3. The molecule has 0 saturated carbocycles. The van der Waals surface area contributed by atoms with Crippen LogP contribution in [-0.2, 0) is 9.59 Å². The Bertz CT molecular complexity index is 867. The first-order chi connectivity index (χ1) is 12.9. The van der Waals surface area contributed by atoms with Crippen LogP contribution in [0.1, 0.15) is 17.3 Å². The van der Waals surface area contributed by atoms with Crippen molar-refractivity contribution in [3.8, 4) is 0 Å². The zero-order valence-corrected chi connectivity index (χ0v) is 15.1. The minimum Gasteiger partial charge on any atom is -0.384 e. The minimum absolute atomic E-state index is 0.0353. The average molecular weight is 367 g/mol. The first-order valence-electron chi connectivity index (χ1n) is 8.62. The molecule has 140 valence electrons. The number of amides is 3. The normalized spacial score (nSPS) is 17.7. The lowest BCUT2D eigenvalue weighted by molar-refractivity contribution is -0.132. The maximum atomic E-state index is 13.1. The molecule has 1 aliphatic rings. The van der Waals surface area contributed by atoms with Gasteiger partial charge in [-0.3, -0.25) is 14.4 Å². The molecule has 0 radical (unpaired) electrons. The zero-order chi connectivity index (χ0) is 19.6. The third-order valence-corrected chi connectivity index (χ3v) is 4.49. The van der Waals surface area contributed by atoms with E-state index in [1.54, 1.807) is 55.6 Å². The lowest BCUT2D eigenvalue weighted by atomic mass is 10.1. The average Bonchev–Trinajstić information content (AvgIpc) is 2.79. The van der Waals surface area contributed by atoms with Crippen molar-refractivity contribution in [1.82, 2.24) is 5.32 Å². The van der Waals surface area contributed by atoms with E-state index in [4.69, 9.17) is 0 Å². The van der Waals surface area contributed by atoms with Gasteiger partial charge < -0.3 is 20.2 Å². The summed E-state index contributed by atoms with van der Waals surface area (Å²) in [5.41, 5.74) is 1.63. The number of benzene rings is 2. The molecule has 0 fully saturated rings. The highest BCUT2D eigenvalue weighted by Gasteiger charge is 2.35. The quantitative estimate of drug-likeness (QED) is 0.852.